The first-order valence-corrected chi connectivity index (χ1v) is 10.6. The van der Waals surface area contributed by atoms with Gasteiger partial charge in [-0.3, -0.25) is 0 Å². The third-order valence-electron chi connectivity index (χ3n) is 5.16. The first kappa shape index (κ1) is 24.0. The third kappa shape index (κ3) is 5.17. The molecule has 0 radical (unpaired) electrons. The van der Waals surface area contributed by atoms with Crippen LogP contribution in [-0.4, -0.2) is 37.1 Å². The van der Waals surface area contributed by atoms with Gasteiger partial charge in [0.2, 0.25) is 0 Å². The van der Waals surface area contributed by atoms with Crippen molar-refractivity contribution in [2.24, 2.45) is 0 Å². The fourth-order valence-electron chi connectivity index (χ4n) is 3.39. The molecule has 3 aromatic heterocycles. The summed E-state index contributed by atoms with van der Waals surface area (Å²) in [5.74, 6) is 0.322. The molecule has 4 rings (SSSR count). The van der Waals surface area contributed by atoms with Crippen molar-refractivity contribution in [1.29, 1.82) is 0 Å². The summed E-state index contributed by atoms with van der Waals surface area (Å²) in [6.07, 6.45) is -2.74. The average molecular weight is 484 g/mol. The molecule has 4 N–H and O–H groups in total. The van der Waals surface area contributed by atoms with E-state index in [1.807, 2.05) is 0 Å². The van der Waals surface area contributed by atoms with Gasteiger partial charge in [-0.15, -0.1) is 5.10 Å². The number of alkyl halides is 2. The molecule has 4 aromatic rings. The molecule has 182 valence electrons. The van der Waals surface area contributed by atoms with Crippen LogP contribution in [0.5, 0.6) is 0 Å². The van der Waals surface area contributed by atoms with Crippen molar-refractivity contribution < 1.29 is 18.3 Å². The van der Waals surface area contributed by atoms with Crippen LogP contribution in [0.25, 0.3) is 5.82 Å². The molecule has 0 saturated carbocycles. The summed E-state index contributed by atoms with van der Waals surface area (Å²) in [7, 11) is 1.68. The molecule has 0 amide bonds. The van der Waals surface area contributed by atoms with Gasteiger partial charge in [0.1, 0.15) is 17.3 Å². The summed E-state index contributed by atoms with van der Waals surface area (Å²) in [6.45, 7) is 3.04. The van der Waals surface area contributed by atoms with Crippen molar-refractivity contribution in [3.63, 3.8) is 0 Å². The van der Waals surface area contributed by atoms with E-state index in [9.17, 15) is 18.3 Å². The largest absolute Gasteiger partial charge is 0.392 e. The zero-order chi connectivity index (χ0) is 25.1. The zero-order valence-electron chi connectivity index (χ0n) is 19.1. The molecule has 0 aliphatic carbocycles. The molecule has 0 fully saturated rings. The standard InChI is InChI=1S/C23H23F3N8O/c1-12-4-6-21(32-31-12)28-16-10-17(27-3)18(9-15(16)24)29-20-7-5-14(11-35)23(30-20)34-13(2)8-19(33-34)22(25)26/h4-10,22,27,35H,11H2,1-3H3,(H,28,32)(H,29,30). The Hall–Kier alpha value is -4.19. The molecule has 0 unspecified atom stereocenters. The van der Waals surface area contributed by atoms with Gasteiger partial charge in [-0.05, 0) is 50.2 Å². The number of rotatable bonds is 8. The van der Waals surface area contributed by atoms with Crippen LogP contribution in [0.2, 0.25) is 0 Å². The van der Waals surface area contributed by atoms with Crippen LogP contribution in [0.15, 0.2) is 42.5 Å². The van der Waals surface area contributed by atoms with Crippen LogP contribution >= 0.6 is 0 Å². The zero-order valence-corrected chi connectivity index (χ0v) is 19.1. The van der Waals surface area contributed by atoms with E-state index in [0.29, 0.717) is 34.3 Å². The Bertz CT molecular complexity index is 1340. The number of nitrogens with zero attached hydrogens (tertiary/aromatic N) is 5. The number of hydrogen-bond donors (Lipinski definition) is 4. The van der Waals surface area contributed by atoms with Gasteiger partial charge >= 0.3 is 0 Å². The van der Waals surface area contributed by atoms with Gasteiger partial charge in [-0.1, -0.05) is 0 Å². The highest BCUT2D eigenvalue weighted by Gasteiger charge is 2.18. The molecule has 35 heavy (non-hydrogen) atoms. The maximum absolute atomic E-state index is 14.9. The van der Waals surface area contributed by atoms with Gasteiger partial charge in [-0.25, -0.2) is 22.8 Å². The molecule has 0 aliphatic rings. The number of aliphatic hydroxyl groups excluding tert-OH is 1. The van der Waals surface area contributed by atoms with Crippen molar-refractivity contribution in [1.82, 2.24) is 25.0 Å². The Morgan fingerprint density at radius 3 is 2.31 bits per heavy atom. The van der Waals surface area contributed by atoms with E-state index < -0.39 is 17.9 Å². The smallest absolute Gasteiger partial charge is 0.282 e. The van der Waals surface area contributed by atoms with Gasteiger partial charge < -0.3 is 21.1 Å². The molecular formula is C23H23F3N8O. The van der Waals surface area contributed by atoms with E-state index in [1.165, 1.54) is 16.8 Å². The van der Waals surface area contributed by atoms with Crippen LogP contribution in [0.3, 0.4) is 0 Å². The number of anilines is 5. The predicted molar refractivity (Wildman–Crippen MR) is 126 cm³/mol. The summed E-state index contributed by atoms with van der Waals surface area (Å²) >= 11 is 0. The number of aromatic nitrogens is 5. The second-order valence-electron chi connectivity index (χ2n) is 7.70. The first-order valence-electron chi connectivity index (χ1n) is 10.6. The number of pyridine rings is 1. The number of benzene rings is 1. The maximum atomic E-state index is 14.9. The fraction of sp³-hybridized carbons (Fsp3) is 0.217. The average Bonchev–Trinajstić information content (AvgIpc) is 3.24. The number of aliphatic hydroxyl groups is 1. The minimum atomic E-state index is -2.74. The fourth-order valence-corrected chi connectivity index (χ4v) is 3.39. The van der Waals surface area contributed by atoms with Crippen molar-refractivity contribution in [2.75, 3.05) is 23.0 Å². The van der Waals surface area contributed by atoms with E-state index in [-0.39, 0.29) is 18.1 Å². The highest BCUT2D eigenvalue weighted by molar-refractivity contribution is 5.78. The van der Waals surface area contributed by atoms with Crippen molar-refractivity contribution in [3.8, 4) is 5.82 Å². The second-order valence-corrected chi connectivity index (χ2v) is 7.70. The van der Waals surface area contributed by atoms with E-state index in [0.717, 1.165) is 5.69 Å². The van der Waals surface area contributed by atoms with Crippen LogP contribution in [0.4, 0.5) is 41.9 Å². The lowest BCUT2D eigenvalue weighted by Crippen LogP contribution is -2.09. The van der Waals surface area contributed by atoms with Crippen molar-refractivity contribution in [3.05, 3.63) is 70.9 Å². The number of nitrogens with one attached hydrogen (secondary N) is 3. The summed E-state index contributed by atoms with van der Waals surface area (Å²) in [5, 5.41) is 30.5. The number of hydrogen-bond acceptors (Lipinski definition) is 8. The Kier molecular flexibility index (Phi) is 6.82. The van der Waals surface area contributed by atoms with Gasteiger partial charge in [0, 0.05) is 24.4 Å². The molecule has 0 aliphatic heterocycles. The lowest BCUT2D eigenvalue weighted by atomic mass is 10.2. The first-order chi connectivity index (χ1) is 16.8. The van der Waals surface area contributed by atoms with Gasteiger partial charge in [0.05, 0.1) is 29.4 Å². The molecule has 3 heterocycles. The number of halogens is 3. The van der Waals surface area contributed by atoms with Crippen LogP contribution in [0, 0.1) is 19.7 Å². The summed E-state index contributed by atoms with van der Waals surface area (Å²) < 4.78 is 42.4. The van der Waals surface area contributed by atoms with Crippen LogP contribution in [0.1, 0.15) is 29.1 Å². The molecule has 9 nitrogen and oxygen atoms in total. The van der Waals surface area contributed by atoms with Crippen LogP contribution in [-0.2, 0) is 6.61 Å². The molecule has 0 spiro atoms. The van der Waals surface area contributed by atoms with Gasteiger partial charge in [0.25, 0.3) is 6.43 Å². The van der Waals surface area contributed by atoms with Crippen LogP contribution < -0.4 is 16.0 Å². The third-order valence-corrected chi connectivity index (χ3v) is 5.16. The van der Waals surface area contributed by atoms with Gasteiger partial charge in [-0.2, -0.15) is 10.2 Å². The van der Waals surface area contributed by atoms with Gasteiger partial charge in [0.15, 0.2) is 11.6 Å². The lowest BCUT2D eigenvalue weighted by Gasteiger charge is -2.16. The summed E-state index contributed by atoms with van der Waals surface area (Å²) in [5.41, 5.74) is 2.28. The molecule has 1 aromatic carbocycles. The highest BCUT2D eigenvalue weighted by Crippen LogP contribution is 2.32. The quantitative estimate of drug-likeness (QED) is 0.283. The monoisotopic (exact) mass is 484 g/mol. The molecule has 12 heteroatoms. The lowest BCUT2D eigenvalue weighted by molar-refractivity contribution is 0.145. The Morgan fingerprint density at radius 2 is 1.69 bits per heavy atom. The number of aryl methyl sites for hydroxylation is 2. The second kappa shape index (κ2) is 9.97. The molecule has 0 saturated heterocycles. The summed E-state index contributed by atoms with van der Waals surface area (Å²) in [6, 6.07) is 10.7. The summed E-state index contributed by atoms with van der Waals surface area (Å²) in [4.78, 5) is 4.45. The van der Waals surface area contributed by atoms with E-state index in [4.69, 9.17) is 0 Å². The van der Waals surface area contributed by atoms with Crippen molar-refractivity contribution >= 4 is 28.7 Å². The van der Waals surface area contributed by atoms with E-state index in [1.54, 1.807) is 51.2 Å². The Morgan fingerprint density at radius 1 is 0.943 bits per heavy atom. The Balaban J connectivity index is 1.66. The highest BCUT2D eigenvalue weighted by atomic mass is 19.3. The SMILES string of the molecule is CNc1cc(Nc2ccc(C)nn2)c(F)cc1Nc1ccc(CO)c(-n2nc(C(F)F)cc2C)n1. The van der Waals surface area contributed by atoms with Crippen molar-refractivity contribution in [2.45, 2.75) is 26.9 Å². The Labute approximate surface area is 199 Å². The topological polar surface area (TPSA) is 113 Å². The van der Waals surface area contributed by atoms with E-state index >= 15 is 0 Å². The molecule has 0 bridgehead atoms. The molecule has 0 atom stereocenters. The molecular weight excluding hydrogens is 461 g/mol. The predicted octanol–water partition coefficient (Wildman–Crippen LogP) is 4.77. The normalized spacial score (nSPS) is 11.1. The van der Waals surface area contributed by atoms with E-state index in [2.05, 4.69) is 36.2 Å². The maximum Gasteiger partial charge on any atom is 0.282 e. The minimum absolute atomic E-state index is 0.185. The minimum Gasteiger partial charge on any atom is -0.392 e.